The van der Waals surface area contributed by atoms with Crippen LogP contribution in [0.2, 0.25) is 0 Å². The van der Waals surface area contributed by atoms with Crippen molar-refractivity contribution < 1.29 is 44.4 Å². The molecule has 6 nitrogen and oxygen atoms in total. The number of nitrogens with zero attached hydrogens (tertiary/aromatic N) is 3. The number of aliphatic imine (C=N–C) groups is 1. The summed E-state index contributed by atoms with van der Waals surface area (Å²) < 4.78 is 41.3. The summed E-state index contributed by atoms with van der Waals surface area (Å²) in [6.45, 7) is 1.39. The van der Waals surface area contributed by atoms with Crippen LogP contribution in [0.25, 0.3) is 5.32 Å². The molecule has 1 fully saturated rings. The average molecular weight is 643 g/mol. The molecule has 1 aliphatic heterocycles. The van der Waals surface area contributed by atoms with Gasteiger partial charge >= 0.3 is 5.97 Å². The molecule has 5 rings (SSSR count). The maximum Gasteiger partial charge on any atom is 0.328 e. The minimum atomic E-state index is -1.63. The Morgan fingerprint density at radius 3 is 2.16 bits per heavy atom. The number of rotatable bonds is 10. The summed E-state index contributed by atoms with van der Waals surface area (Å²) in [5.74, 6) is -6.11. The summed E-state index contributed by atoms with van der Waals surface area (Å²) in [6, 6.07) is 25.2. The Labute approximate surface area is 263 Å². The summed E-state index contributed by atoms with van der Waals surface area (Å²) in [7, 11) is 0. The fraction of sp³-hybridized carbons (Fsp3) is 0.206. The zero-order valence-electron chi connectivity index (χ0n) is 23.5. The molecule has 0 spiro atoms. The Morgan fingerprint density at radius 2 is 1.50 bits per heavy atom. The van der Waals surface area contributed by atoms with E-state index in [9.17, 15) is 27.9 Å². The van der Waals surface area contributed by atoms with E-state index >= 15 is 0 Å². The van der Waals surface area contributed by atoms with Gasteiger partial charge in [-0.15, -0.1) is 5.69 Å². The topological polar surface area (TPSA) is 84.1 Å². The maximum absolute atomic E-state index is 13.9. The number of halogens is 3. The van der Waals surface area contributed by atoms with Crippen molar-refractivity contribution in [1.29, 1.82) is 0 Å². The van der Waals surface area contributed by atoms with Crippen molar-refractivity contribution in [2.24, 2.45) is 4.99 Å². The molecule has 0 aromatic heterocycles. The van der Waals surface area contributed by atoms with Gasteiger partial charge in [-0.1, -0.05) is 84.9 Å². The largest absolute Gasteiger partial charge is 0.625 e. The van der Waals surface area contributed by atoms with E-state index in [4.69, 9.17) is 0 Å². The fourth-order valence-electron chi connectivity index (χ4n) is 5.27. The Balaban J connectivity index is 0.00000442. The molecule has 0 unspecified atom stereocenters. The van der Waals surface area contributed by atoms with Crippen molar-refractivity contribution in [2.45, 2.75) is 37.9 Å². The van der Waals surface area contributed by atoms with Crippen LogP contribution in [0.15, 0.2) is 102 Å². The van der Waals surface area contributed by atoms with Crippen molar-refractivity contribution in [2.75, 3.05) is 6.54 Å². The fourth-order valence-corrected chi connectivity index (χ4v) is 5.27. The van der Waals surface area contributed by atoms with Crippen LogP contribution in [0, 0.1) is 17.5 Å². The Morgan fingerprint density at radius 1 is 0.886 bits per heavy atom. The van der Waals surface area contributed by atoms with Gasteiger partial charge in [0.25, 0.3) is 0 Å². The number of aliphatic carboxylic acids is 1. The van der Waals surface area contributed by atoms with Crippen LogP contribution in [0.3, 0.4) is 0 Å². The van der Waals surface area contributed by atoms with Crippen LogP contribution in [0.5, 0.6) is 0 Å². The van der Waals surface area contributed by atoms with Crippen LogP contribution < -0.4 is 0 Å². The third-order valence-corrected chi connectivity index (χ3v) is 7.36. The molecule has 1 saturated heterocycles. The van der Waals surface area contributed by atoms with Crippen molar-refractivity contribution in [3.63, 3.8) is 0 Å². The van der Waals surface area contributed by atoms with Crippen molar-refractivity contribution in [3.05, 3.63) is 142 Å². The van der Waals surface area contributed by atoms with E-state index in [0.29, 0.717) is 29.8 Å². The first kappa shape index (κ1) is 32.6. The maximum atomic E-state index is 13.9. The monoisotopic (exact) mass is 642 g/mol. The van der Waals surface area contributed by atoms with Crippen molar-refractivity contribution in [3.8, 4) is 0 Å². The number of amides is 1. The molecule has 2 atom stereocenters. The van der Waals surface area contributed by atoms with Crippen LogP contribution in [-0.2, 0) is 39.0 Å². The van der Waals surface area contributed by atoms with Crippen LogP contribution >= 0.6 is 0 Å². The normalized spacial score (nSPS) is 15.8. The van der Waals surface area contributed by atoms with Gasteiger partial charge in [0, 0.05) is 35.0 Å². The molecule has 0 aliphatic carbocycles. The molecule has 230 valence electrons. The molecule has 0 radical (unpaired) electrons. The van der Waals surface area contributed by atoms with Crippen LogP contribution in [0.1, 0.15) is 35.1 Å². The third kappa shape index (κ3) is 7.81. The molecule has 1 N–H and O–H groups in total. The van der Waals surface area contributed by atoms with Gasteiger partial charge in [-0.05, 0) is 48.2 Å². The van der Waals surface area contributed by atoms with Crippen LogP contribution in [-0.4, -0.2) is 46.2 Å². The number of carbonyl (C=O) groups excluding carboxylic acids is 1. The number of benzene rings is 4. The minimum Gasteiger partial charge on any atom is -0.625 e. The minimum absolute atomic E-state index is 0. The Hall–Kier alpha value is -4.27. The van der Waals surface area contributed by atoms with Gasteiger partial charge in [0.05, 0.1) is 17.7 Å². The Bertz CT molecular complexity index is 1610. The van der Waals surface area contributed by atoms with E-state index in [-0.39, 0.29) is 33.7 Å². The summed E-state index contributed by atoms with van der Waals surface area (Å²) in [4.78, 5) is 32.5. The van der Waals surface area contributed by atoms with Gasteiger partial charge in [-0.3, -0.25) is 9.89 Å². The number of hydrogen-bond acceptors (Lipinski definition) is 4. The van der Waals surface area contributed by atoms with Crippen molar-refractivity contribution in [1.82, 2.24) is 4.90 Å². The number of para-hydroxylation sites is 1. The zero-order valence-corrected chi connectivity index (χ0v) is 24.5. The summed E-state index contributed by atoms with van der Waals surface area (Å²) in [5.41, 5.74) is 2.60. The number of hydrogen-bond donors (Lipinski definition) is 1. The molecule has 1 aliphatic rings. The predicted molar refractivity (Wildman–Crippen MR) is 158 cm³/mol. The molecule has 1 amide bonds. The molecule has 10 heteroatoms. The SMILES string of the molecule is O=C(O)[C@H](Cc1cc(F)c(F)c(F)c1)N=C(c1ccccc1)c1ccccc1[N-]C(=O)[C@@H]1CCCN1Cc1ccccc1.[Ni]. The summed E-state index contributed by atoms with van der Waals surface area (Å²) >= 11 is 0. The van der Waals surface area contributed by atoms with E-state index in [0.717, 1.165) is 30.7 Å². The third-order valence-electron chi connectivity index (χ3n) is 7.36. The number of likely N-dealkylation sites (tertiary alicyclic amines) is 1. The molecule has 1 heterocycles. The molecule has 4 aromatic rings. The Kier molecular flexibility index (Phi) is 11.1. The van der Waals surface area contributed by atoms with E-state index in [1.54, 1.807) is 54.6 Å². The summed E-state index contributed by atoms with van der Waals surface area (Å²) in [6.07, 6.45) is 1.14. The van der Waals surface area contributed by atoms with Crippen molar-refractivity contribution >= 4 is 23.3 Å². The van der Waals surface area contributed by atoms with E-state index < -0.39 is 41.9 Å². The molecular formula is C34H29F3N3NiO3-. The quantitative estimate of drug-likeness (QED) is 0.117. The van der Waals surface area contributed by atoms with E-state index in [1.165, 1.54) is 0 Å². The molecule has 0 bridgehead atoms. The second kappa shape index (κ2) is 15.0. The van der Waals surface area contributed by atoms with Gasteiger partial charge in [0.1, 0.15) is 0 Å². The summed E-state index contributed by atoms with van der Waals surface area (Å²) in [5, 5.41) is 14.5. The van der Waals surface area contributed by atoms with Gasteiger partial charge < -0.3 is 15.2 Å². The first-order valence-electron chi connectivity index (χ1n) is 13.9. The van der Waals surface area contributed by atoms with Gasteiger partial charge in [0.2, 0.25) is 0 Å². The zero-order chi connectivity index (χ0) is 30.3. The second-order valence-corrected chi connectivity index (χ2v) is 10.4. The molecule has 4 aromatic carbocycles. The van der Waals surface area contributed by atoms with Crippen LogP contribution in [0.4, 0.5) is 18.9 Å². The number of carbonyl (C=O) groups is 2. The molecule has 44 heavy (non-hydrogen) atoms. The standard InChI is InChI=1S/C34H30F3N3O3.Ni/c35-26-18-23(19-27(36)31(26)37)20-29(34(42)43)38-32(24-12-5-2-6-13-24)25-14-7-8-15-28(25)39-33(41)30-16-9-17-40(30)21-22-10-3-1-4-11-22;/h1-8,10-15,18-19,29-30H,9,16-17,20-21H2,(H2,38,39,41,42,43);/p-1/t29-,30-;/m0./s1. The molecule has 0 saturated carbocycles. The van der Waals surface area contributed by atoms with Gasteiger partial charge in [-0.2, -0.15) is 0 Å². The first-order valence-corrected chi connectivity index (χ1v) is 13.9. The predicted octanol–water partition coefficient (Wildman–Crippen LogP) is 6.83. The smallest absolute Gasteiger partial charge is 0.328 e. The van der Waals surface area contributed by atoms with E-state index in [1.807, 2.05) is 30.3 Å². The second-order valence-electron chi connectivity index (χ2n) is 10.4. The van der Waals surface area contributed by atoms with Gasteiger partial charge in [0.15, 0.2) is 23.5 Å². The number of carboxylic acids is 1. The first-order chi connectivity index (χ1) is 20.8. The van der Waals surface area contributed by atoms with Gasteiger partial charge in [-0.25, -0.2) is 18.0 Å². The van der Waals surface area contributed by atoms with E-state index in [2.05, 4.69) is 15.2 Å². The molecular weight excluding hydrogens is 614 g/mol. The average Bonchev–Trinajstić information content (AvgIpc) is 3.47. The number of carboxylic acid groups (broad SMARTS) is 1.